The van der Waals surface area contributed by atoms with E-state index in [0.29, 0.717) is 0 Å². The van der Waals surface area contributed by atoms with E-state index >= 15 is 0 Å². The van der Waals surface area contributed by atoms with Crippen LogP contribution in [0.25, 0.3) is 0 Å². The second-order valence-electron chi connectivity index (χ2n) is 2.99. The van der Waals surface area contributed by atoms with Gasteiger partial charge in [-0.15, -0.1) is 0 Å². The number of guanidine groups is 1. The standard InChI is InChI=1S/C10H23N3S/c1-4-11-10(12-5-2)13-8-6-7-9-14-3/h4-9H2,1-3H3,(H2,11,12,13). The largest absolute Gasteiger partial charge is 0.357 e. The van der Waals surface area contributed by atoms with Gasteiger partial charge in [-0.25, -0.2) is 0 Å². The molecule has 84 valence electrons. The maximum Gasteiger partial charge on any atom is 0.191 e. The number of nitrogens with zero attached hydrogens (tertiary/aromatic N) is 1. The highest BCUT2D eigenvalue weighted by Crippen LogP contribution is 1.98. The first-order chi connectivity index (χ1) is 6.85. The lowest BCUT2D eigenvalue weighted by Crippen LogP contribution is -2.37. The Balaban J connectivity index is 3.56. The SMILES string of the molecule is CCNC(=NCCCCSC)NCC. The summed E-state index contributed by atoms with van der Waals surface area (Å²) >= 11 is 1.90. The Bertz CT molecular complexity index is 140. The van der Waals surface area contributed by atoms with E-state index in [1.165, 1.54) is 18.6 Å². The van der Waals surface area contributed by atoms with E-state index in [-0.39, 0.29) is 0 Å². The summed E-state index contributed by atoms with van der Waals surface area (Å²) in [5, 5.41) is 6.42. The first kappa shape index (κ1) is 13.6. The zero-order valence-corrected chi connectivity index (χ0v) is 10.4. The summed E-state index contributed by atoms with van der Waals surface area (Å²) in [5.41, 5.74) is 0. The van der Waals surface area contributed by atoms with Crippen molar-refractivity contribution in [3.05, 3.63) is 0 Å². The molecule has 0 aliphatic heterocycles. The molecule has 0 amide bonds. The summed E-state index contributed by atoms with van der Waals surface area (Å²) < 4.78 is 0. The fourth-order valence-electron chi connectivity index (χ4n) is 1.06. The number of thioether (sulfide) groups is 1. The van der Waals surface area contributed by atoms with Crippen molar-refractivity contribution >= 4 is 17.7 Å². The Labute approximate surface area is 92.1 Å². The quantitative estimate of drug-likeness (QED) is 0.387. The number of hydrogen-bond donors (Lipinski definition) is 2. The lowest BCUT2D eigenvalue weighted by atomic mass is 10.3. The van der Waals surface area contributed by atoms with Crippen molar-refractivity contribution in [2.45, 2.75) is 26.7 Å². The van der Waals surface area contributed by atoms with Gasteiger partial charge in [0, 0.05) is 19.6 Å². The molecule has 0 saturated carbocycles. The second kappa shape index (κ2) is 10.7. The maximum absolute atomic E-state index is 4.46. The monoisotopic (exact) mass is 217 g/mol. The number of unbranched alkanes of at least 4 members (excludes halogenated alkanes) is 1. The van der Waals surface area contributed by atoms with Gasteiger partial charge in [0.1, 0.15) is 0 Å². The molecule has 0 fully saturated rings. The topological polar surface area (TPSA) is 36.4 Å². The molecule has 14 heavy (non-hydrogen) atoms. The minimum absolute atomic E-state index is 0.926. The molecule has 0 aliphatic rings. The van der Waals surface area contributed by atoms with Crippen LogP contribution in [0.2, 0.25) is 0 Å². The summed E-state index contributed by atoms with van der Waals surface area (Å²) in [6.45, 7) is 6.95. The third-order valence-electron chi connectivity index (χ3n) is 1.71. The molecule has 0 aromatic carbocycles. The molecular weight excluding hydrogens is 194 g/mol. The zero-order chi connectivity index (χ0) is 10.6. The molecular formula is C10H23N3S. The van der Waals surface area contributed by atoms with Gasteiger partial charge in [-0.05, 0) is 38.7 Å². The van der Waals surface area contributed by atoms with E-state index in [2.05, 4.69) is 35.7 Å². The summed E-state index contributed by atoms with van der Waals surface area (Å²) in [6, 6.07) is 0. The van der Waals surface area contributed by atoms with E-state index in [0.717, 1.165) is 25.6 Å². The molecule has 0 aliphatic carbocycles. The molecule has 0 aromatic rings. The van der Waals surface area contributed by atoms with E-state index < -0.39 is 0 Å². The first-order valence-corrected chi connectivity index (χ1v) is 6.75. The summed E-state index contributed by atoms with van der Waals surface area (Å²) in [6.07, 6.45) is 4.59. The summed E-state index contributed by atoms with van der Waals surface area (Å²) in [4.78, 5) is 4.46. The van der Waals surface area contributed by atoms with Crippen LogP contribution in [-0.2, 0) is 0 Å². The summed E-state index contributed by atoms with van der Waals surface area (Å²) in [7, 11) is 0. The third-order valence-corrected chi connectivity index (χ3v) is 2.41. The van der Waals surface area contributed by atoms with E-state index in [4.69, 9.17) is 0 Å². The van der Waals surface area contributed by atoms with Gasteiger partial charge in [-0.3, -0.25) is 4.99 Å². The van der Waals surface area contributed by atoms with Gasteiger partial charge < -0.3 is 10.6 Å². The predicted molar refractivity (Wildman–Crippen MR) is 67.3 cm³/mol. The minimum Gasteiger partial charge on any atom is -0.357 e. The first-order valence-electron chi connectivity index (χ1n) is 5.36. The van der Waals surface area contributed by atoms with Crippen LogP contribution in [0.15, 0.2) is 4.99 Å². The fraction of sp³-hybridized carbons (Fsp3) is 0.900. The van der Waals surface area contributed by atoms with Gasteiger partial charge in [-0.2, -0.15) is 11.8 Å². The van der Waals surface area contributed by atoms with Crippen molar-refractivity contribution < 1.29 is 0 Å². The van der Waals surface area contributed by atoms with Crippen LogP contribution in [-0.4, -0.2) is 37.6 Å². The van der Waals surface area contributed by atoms with Crippen molar-refractivity contribution in [1.82, 2.24) is 10.6 Å². The van der Waals surface area contributed by atoms with Gasteiger partial charge in [0.25, 0.3) is 0 Å². The zero-order valence-electron chi connectivity index (χ0n) is 9.60. The lowest BCUT2D eigenvalue weighted by Gasteiger charge is -2.08. The molecule has 0 atom stereocenters. The maximum atomic E-state index is 4.46. The Hall–Kier alpha value is -0.380. The van der Waals surface area contributed by atoms with Gasteiger partial charge in [-0.1, -0.05) is 0 Å². The van der Waals surface area contributed by atoms with Crippen LogP contribution in [0.4, 0.5) is 0 Å². The normalized spacial score (nSPS) is 9.64. The number of aliphatic imine (C=N–C) groups is 1. The molecule has 0 aromatic heterocycles. The minimum atomic E-state index is 0.926. The van der Waals surface area contributed by atoms with Crippen LogP contribution in [0.1, 0.15) is 26.7 Å². The highest BCUT2D eigenvalue weighted by Gasteiger charge is 1.93. The van der Waals surface area contributed by atoms with E-state index in [1.54, 1.807) is 0 Å². The van der Waals surface area contributed by atoms with Gasteiger partial charge in [0.2, 0.25) is 0 Å². The molecule has 0 heterocycles. The van der Waals surface area contributed by atoms with Crippen molar-refractivity contribution in [3.63, 3.8) is 0 Å². The molecule has 0 spiro atoms. The molecule has 0 unspecified atom stereocenters. The number of hydrogen-bond acceptors (Lipinski definition) is 2. The van der Waals surface area contributed by atoms with E-state index in [9.17, 15) is 0 Å². The van der Waals surface area contributed by atoms with Gasteiger partial charge >= 0.3 is 0 Å². The predicted octanol–water partition coefficient (Wildman–Crippen LogP) is 1.70. The molecule has 0 saturated heterocycles. The number of nitrogens with one attached hydrogen (secondary N) is 2. The van der Waals surface area contributed by atoms with Crippen LogP contribution in [0.3, 0.4) is 0 Å². The Kier molecular flexibility index (Phi) is 10.4. The van der Waals surface area contributed by atoms with Gasteiger partial charge in [0.05, 0.1) is 0 Å². The van der Waals surface area contributed by atoms with Crippen molar-refractivity contribution in [3.8, 4) is 0 Å². The smallest absolute Gasteiger partial charge is 0.191 e. The Morgan fingerprint density at radius 3 is 2.29 bits per heavy atom. The lowest BCUT2D eigenvalue weighted by molar-refractivity contribution is 0.785. The average Bonchev–Trinajstić information content (AvgIpc) is 2.18. The van der Waals surface area contributed by atoms with Crippen LogP contribution in [0, 0.1) is 0 Å². The molecule has 4 heteroatoms. The van der Waals surface area contributed by atoms with Crippen LogP contribution >= 0.6 is 11.8 Å². The molecule has 0 rings (SSSR count). The molecule has 3 nitrogen and oxygen atoms in total. The van der Waals surface area contributed by atoms with Crippen molar-refractivity contribution in [1.29, 1.82) is 0 Å². The molecule has 2 N–H and O–H groups in total. The third kappa shape index (κ3) is 8.23. The second-order valence-corrected chi connectivity index (χ2v) is 3.98. The highest BCUT2D eigenvalue weighted by molar-refractivity contribution is 7.98. The Morgan fingerprint density at radius 2 is 1.79 bits per heavy atom. The highest BCUT2D eigenvalue weighted by atomic mass is 32.2. The molecule has 0 bridgehead atoms. The molecule has 0 radical (unpaired) electrons. The van der Waals surface area contributed by atoms with Crippen LogP contribution in [0.5, 0.6) is 0 Å². The average molecular weight is 217 g/mol. The van der Waals surface area contributed by atoms with Crippen LogP contribution < -0.4 is 10.6 Å². The van der Waals surface area contributed by atoms with Crippen molar-refractivity contribution in [2.24, 2.45) is 4.99 Å². The number of rotatable bonds is 7. The van der Waals surface area contributed by atoms with Crippen molar-refractivity contribution in [2.75, 3.05) is 31.6 Å². The van der Waals surface area contributed by atoms with Gasteiger partial charge in [0.15, 0.2) is 5.96 Å². The fourth-order valence-corrected chi connectivity index (χ4v) is 1.55. The van der Waals surface area contributed by atoms with E-state index in [1.807, 2.05) is 11.8 Å². The summed E-state index contributed by atoms with van der Waals surface area (Å²) in [5.74, 6) is 2.19. The Morgan fingerprint density at radius 1 is 1.14 bits per heavy atom.